The molecule has 11 heavy (non-hydrogen) atoms. The van der Waals surface area contributed by atoms with Crippen LogP contribution in [0.1, 0.15) is 6.99 Å². The van der Waals surface area contributed by atoms with E-state index in [4.69, 9.17) is 0 Å². The summed E-state index contributed by atoms with van der Waals surface area (Å²) in [4.78, 5) is 2.99. The first kappa shape index (κ1) is 6.40. The highest BCUT2D eigenvalue weighted by atomic mass is 19.1. The average molecular weight is 151 g/mol. The summed E-state index contributed by atoms with van der Waals surface area (Å²) in [6.07, 6.45) is 1.88. The van der Waals surface area contributed by atoms with E-state index >= 15 is 0 Å². The lowest BCUT2D eigenvalue weighted by atomic mass is 10.2. The fourth-order valence-corrected chi connectivity index (χ4v) is 1.24. The number of benzene rings is 1. The molecule has 0 unspecified atom stereocenters. The van der Waals surface area contributed by atoms with Gasteiger partial charge in [-0.25, -0.2) is 4.39 Å². The Morgan fingerprint density at radius 1 is 1.45 bits per heavy atom. The first-order valence-electron chi connectivity index (χ1n) is 3.50. The second kappa shape index (κ2) is 2.09. The van der Waals surface area contributed by atoms with E-state index in [1.54, 1.807) is 6.07 Å². The fraction of sp³-hybridized carbons (Fsp3) is 0.111. The summed E-state index contributed by atoms with van der Waals surface area (Å²) in [7, 11) is 0. The second-order valence-electron chi connectivity index (χ2n) is 2.66. The van der Waals surface area contributed by atoms with Crippen LogP contribution in [-0.4, -0.2) is 4.98 Å². The highest BCUT2D eigenvalue weighted by molar-refractivity contribution is 5.82. The van der Waals surface area contributed by atoms with Crippen molar-refractivity contribution in [3.63, 3.8) is 0 Å². The summed E-state index contributed by atoms with van der Waals surface area (Å²) in [5, 5.41) is 1.09. The van der Waals surface area contributed by atoms with E-state index in [-0.39, 0.29) is 7.24 Å². The van der Waals surface area contributed by atoms with Gasteiger partial charge >= 0.3 is 0 Å². The Balaban J connectivity index is 0.000000720. The van der Waals surface area contributed by atoms with Crippen molar-refractivity contribution in [2.45, 2.75) is 6.92 Å². The van der Waals surface area contributed by atoms with Gasteiger partial charge in [0.1, 0.15) is 5.82 Å². The van der Waals surface area contributed by atoms with Crippen molar-refractivity contribution in [3.05, 3.63) is 35.8 Å². The normalized spacial score (nSPS) is 10.7. The summed E-state index contributed by atoms with van der Waals surface area (Å²) in [5.41, 5.74) is 2.02. The van der Waals surface area contributed by atoms with Crippen molar-refractivity contribution >= 4 is 10.9 Å². The minimum Gasteiger partial charge on any atom is -0.361 e. The van der Waals surface area contributed by atoms with Crippen molar-refractivity contribution in [2.75, 3.05) is 0 Å². The summed E-state index contributed by atoms with van der Waals surface area (Å²) in [6, 6.07) is 4.77. The number of hydrogen-bond donors (Lipinski definition) is 1. The lowest BCUT2D eigenvalue weighted by Crippen LogP contribution is -1.72. The molecule has 0 amide bonds. The van der Waals surface area contributed by atoms with Crippen LogP contribution in [0.2, 0.25) is 0 Å². The molecule has 0 spiro atoms. The van der Waals surface area contributed by atoms with Crippen LogP contribution in [0, 0.1) is 12.7 Å². The number of nitrogens with one attached hydrogen (secondary N) is 1. The third-order valence-electron chi connectivity index (χ3n) is 1.85. The van der Waals surface area contributed by atoms with Gasteiger partial charge in [-0.1, -0.05) is 0 Å². The molecule has 0 aliphatic rings. The number of aromatic nitrogens is 1. The van der Waals surface area contributed by atoms with E-state index in [1.807, 2.05) is 13.1 Å². The number of hydrogen-bond acceptors (Lipinski definition) is 0. The zero-order chi connectivity index (χ0) is 7.84. The summed E-state index contributed by atoms with van der Waals surface area (Å²) >= 11 is 0. The van der Waals surface area contributed by atoms with Gasteiger partial charge in [-0.05, 0) is 30.7 Å². The molecule has 2 rings (SSSR count). The van der Waals surface area contributed by atoms with Crippen LogP contribution >= 0.6 is 0 Å². The molecule has 0 saturated carbocycles. The van der Waals surface area contributed by atoms with Gasteiger partial charge in [0.25, 0.3) is 0 Å². The number of rotatable bonds is 0. The SMILES string of the molecule is Cc1c[nH]c2cc(F)ccc12.[HH]. The third-order valence-corrected chi connectivity index (χ3v) is 1.85. The first-order valence-corrected chi connectivity index (χ1v) is 3.50. The minimum absolute atomic E-state index is 0. The molecule has 1 aromatic carbocycles. The van der Waals surface area contributed by atoms with Gasteiger partial charge in [0.15, 0.2) is 0 Å². The molecular weight excluding hydrogens is 141 g/mol. The van der Waals surface area contributed by atoms with Crippen molar-refractivity contribution < 1.29 is 5.82 Å². The fourth-order valence-electron chi connectivity index (χ4n) is 1.24. The van der Waals surface area contributed by atoms with Crippen LogP contribution in [0.15, 0.2) is 24.4 Å². The minimum atomic E-state index is -0.195. The Kier molecular flexibility index (Phi) is 1.22. The lowest BCUT2D eigenvalue weighted by Gasteiger charge is -1.90. The van der Waals surface area contributed by atoms with E-state index in [0.29, 0.717) is 0 Å². The monoisotopic (exact) mass is 151 g/mol. The van der Waals surface area contributed by atoms with Crippen molar-refractivity contribution in [1.29, 1.82) is 0 Å². The molecule has 1 N–H and O–H groups in total. The van der Waals surface area contributed by atoms with Gasteiger partial charge in [-0.2, -0.15) is 0 Å². The standard InChI is InChI=1S/C9H8FN.H2/c1-6-5-11-9-4-7(10)2-3-8(6)9;/h2-5,11H,1H3;1H. The average Bonchev–Trinajstić information content (AvgIpc) is 2.32. The molecule has 1 nitrogen and oxygen atoms in total. The summed E-state index contributed by atoms with van der Waals surface area (Å²) in [6.45, 7) is 2.00. The maximum atomic E-state index is 12.6. The molecule has 1 aromatic heterocycles. The molecule has 0 bridgehead atoms. The van der Waals surface area contributed by atoms with Gasteiger partial charge in [0.2, 0.25) is 0 Å². The van der Waals surface area contributed by atoms with E-state index in [2.05, 4.69) is 4.98 Å². The first-order chi connectivity index (χ1) is 5.27. The third kappa shape index (κ3) is 0.909. The summed E-state index contributed by atoms with van der Waals surface area (Å²) < 4.78 is 12.6. The molecule has 0 aliphatic carbocycles. The van der Waals surface area contributed by atoms with Crippen LogP contribution in [-0.2, 0) is 0 Å². The lowest BCUT2D eigenvalue weighted by molar-refractivity contribution is 0.629. The van der Waals surface area contributed by atoms with Crippen molar-refractivity contribution in [3.8, 4) is 0 Å². The summed E-state index contributed by atoms with van der Waals surface area (Å²) in [5.74, 6) is -0.195. The second-order valence-corrected chi connectivity index (χ2v) is 2.66. The van der Waals surface area contributed by atoms with Gasteiger partial charge < -0.3 is 4.98 Å². The number of aromatic amines is 1. The quantitative estimate of drug-likeness (QED) is 0.596. The molecule has 0 saturated heterocycles. The zero-order valence-corrected chi connectivity index (χ0v) is 6.19. The Morgan fingerprint density at radius 2 is 2.27 bits per heavy atom. The van der Waals surface area contributed by atoms with Crippen LogP contribution in [0.4, 0.5) is 4.39 Å². The molecule has 0 fully saturated rings. The van der Waals surface area contributed by atoms with E-state index < -0.39 is 0 Å². The topological polar surface area (TPSA) is 15.8 Å². The van der Waals surface area contributed by atoms with Crippen molar-refractivity contribution in [2.24, 2.45) is 0 Å². The Bertz CT molecular complexity index is 394. The van der Waals surface area contributed by atoms with E-state index in [9.17, 15) is 4.39 Å². The molecule has 0 radical (unpaired) electrons. The smallest absolute Gasteiger partial charge is 0.125 e. The largest absolute Gasteiger partial charge is 0.361 e. The zero-order valence-electron chi connectivity index (χ0n) is 6.19. The van der Waals surface area contributed by atoms with E-state index in [0.717, 1.165) is 16.5 Å². The highest BCUT2D eigenvalue weighted by Crippen LogP contribution is 2.17. The van der Waals surface area contributed by atoms with Crippen LogP contribution in [0.3, 0.4) is 0 Å². The highest BCUT2D eigenvalue weighted by Gasteiger charge is 1.98. The molecular formula is C9H10FN. The molecule has 2 aromatic rings. The van der Waals surface area contributed by atoms with Crippen molar-refractivity contribution in [1.82, 2.24) is 4.98 Å². The van der Waals surface area contributed by atoms with Gasteiger partial charge in [0, 0.05) is 18.5 Å². The molecule has 2 heteroatoms. The Labute approximate surface area is 65.3 Å². The number of H-pyrrole nitrogens is 1. The van der Waals surface area contributed by atoms with Crippen LogP contribution in [0.5, 0.6) is 0 Å². The molecule has 0 atom stereocenters. The molecule has 58 valence electrons. The predicted octanol–water partition coefficient (Wildman–Crippen LogP) is 2.86. The maximum Gasteiger partial charge on any atom is 0.125 e. The predicted molar refractivity (Wildman–Crippen MR) is 45.1 cm³/mol. The Morgan fingerprint density at radius 3 is 3.09 bits per heavy atom. The number of halogens is 1. The molecule has 0 aliphatic heterocycles. The molecule has 1 heterocycles. The van der Waals surface area contributed by atoms with Gasteiger partial charge in [-0.15, -0.1) is 0 Å². The van der Waals surface area contributed by atoms with Gasteiger partial charge in [0.05, 0.1) is 0 Å². The van der Waals surface area contributed by atoms with Gasteiger partial charge in [-0.3, -0.25) is 0 Å². The number of aryl methyl sites for hydroxylation is 1. The van der Waals surface area contributed by atoms with Crippen LogP contribution in [0.25, 0.3) is 10.9 Å². The Hall–Kier alpha value is -1.31. The maximum absolute atomic E-state index is 12.6. The van der Waals surface area contributed by atoms with E-state index in [1.165, 1.54) is 12.1 Å². The number of fused-ring (bicyclic) bond motifs is 1. The van der Waals surface area contributed by atoms with Crippen LogP contribution < -0.4 is 0 Å².